The fourth-order valence-electron chi connectivity index (χ4n) is 12.6. The molecule has 0 radical (unpaired) electrons. The highest BCUT2D eigenvalue weighted by molar-refractivity contribution is 6.01. The number of halogens is 2. The molecule has 7 rings (SSSR count). The molecule has 90 heavy (non-hydrogen) atoms. The summed E-state index contributed by atoms with van der Waals surface area (Å²) >= 11 is 0. The number of hydrogen-bond acceptors (Lipinski definition) is 15. The van der Waals surface area contributed by atoms with Crippen LogP contribution in [0.25, 0.3) is 0 Å². The van der Waals surface area contributed by atoms with E-state index in [0.29, 0.717) is 31.7 Å². The molecule has 1 unspecified atom stereocenters. The largest absolute Gasteiger partial charge is 0.390 e. The zero-order chi connectivity index (χ0) is 65.0. The SMILES string of the molecule is CCCC1O[C@@H]2C[C@H](C)[C@@H]3C[C@H](F)C4=CC(=O)C=C[C@]4(C)[C@@]3(F)[C@@H](O)CC[C@]2(C(=O)CNC(=O)[C@H](CCCNC(N)=O)NC(=O)[C@@H](NC(=O)CCOCCOCCOCCOCCNC(=O)CCC(=O)N2Cc3ccccc3C#Cc3ccccc32)C(C)C)O1. The van der Waals surface area contributed by atoms with Crippen LogP contribution in [0.1, 0.15) is 122 Å². The number of fused-ring (bicyclic) bond motifs is 6. The van der Waals surface area contributed by atoms with Gasteiger partial charge < -0.3 is 70.7 Å². The zero-order valence-corrected chi connectivity index (χ0v) is 52.3. The van der Waals surface area contributed by atoms with Crippen LogP contribution in [0.3, 0.4) is 0 Å². The van der Waals surface area contributed by atoms with Gasteiger partial charge in [-0.3, -0.25) is 33.6 Å². The summed E-state index contributed by atoms with van der Waals surface area (Å²) in [5.41, 5.74) is 2.58. The summed E-state index contributed by atoms with van der Waals surface area (Å²) in [6.45, 7) is 10.4. The minimum Gasteiger partial charge on any atom is -0.390 e. The van der Waals surface area contributed by atoms with Crippen LogP contribution in [0.5, 0.6) is 0 Å². The number of alkyl halides is 2. The first-order chi connectivity index (χ1) is 43.1. The fraction of sp³-hybridized carbons (Fsp3) is 0.606. The number of nitrogens with two attached hydrogens (primary N) is 1. The maximum Gasteiger partial charge on any atom is 0.312 e. The summed E-state index contributed by atoms with van der Waals surface area (Å²) in [6, 6.07) is 12.0. The number of hydrogen-bond donors (Lipinski definition) is 7. The van der Waals surface area contributed by atoms with Crippen LogP contribution in [0.4, 0.5) is 19.3 Å². The summed E-state index contributed by atoms with van der Waals surface area (Å²) in [4.78, 5) is 107. The maximum atomic E-state index is 18.1. The van der Waals surface area contributed by atoms with Crippen molar-refractivity contribution in [2.24, 2.45) is 28.9 Å². The van der Waals surface area contributed by atoms with Crippen LogP contribution >= 0.6 is 0 Å². The van der Waals surface area contributed by atoms with Gasteiger partial charge in [0.25, 0.3) is 0 Å². The van der Waals surface area contributed by atoms with Crippen molar-refractivity contribution in [2.75, 3.05) is 77.4 Å². The molecule has 0 bridgehead atoms. The molecule has 492 valence electrons. The van der Waals surface area contributed by atoms with Gasteiger partial charge >= 0.3 is 6.03 Å². The van der Waals surface area contributed by atoms with Gasteiger partial charge in [0, 0.05) is 54.8 Å². The maximum absolute atomic E-state index is 18.1. The Kier molecular flexibility index (Phi) is 26.1. The number of carbonyl (C=O) groups is 8. The van der Waals surface area contributed by atoms with Crippen molar-refractivity contribution in [3.8, 4) is 11.8 Å². The van der Waals surface area contributed by atoms with Gasteiger partial charge in [0.2, 0.25) is 29.5 Å². The molecule has 2 aromatic carbocycles. The lowest BCUT2D eigenvalue weighted by Gasteiger charge is -2.56. The first-order valence-electron chi connectivity index (χ1n) is 31.4. The standard InChI is InChI=1S/C66H89F2N7O15/c1-6-12-59-89-55-37-43(4)48-39-50(67)49-38-47(76)22-25-64(49,5)66(48,68)53(77)23-26-65(55,90-59)54(78)40-72-61(82)51(16-11-27-71-63(69)84)73-62(83)60(42(2)3)74-57(80)24-29-85-31-33-87-35-36-88-34-32-86-30-28-70-56(79)20-21-58(81)75-41-46-15-8-7-13-44(46)18-19-45-14-9-10-17-52(45)75/h7-10,13-15,17,22,25,38,42-43,48,50-51,53,55,59-60,77H,6,11-12,16,20-21,23-24,26-37,39-41H2,1-5H3,(H,70,79)(H,72,82)(H,73,83)(H,74,80)(H3,69,71,84)/t43-,48-,50-,51-,53-,55+,59?,60-,64-,65+,66-/m0/s1. The van der Waals surface area contributed by atoms with Gasteiger partial charge in [-0.2, -0.15) is 0 Å². The van der Waals surface area contributed by atoms with E-state index in [2.05, 4.69) is 38.4 Å². The smallest absolute Gasteiger partial charge is 0.312 e. The number of allylic oxidation sites excluding steroid dienone is 4. The molecule has 3 aliphatic carbocycles. The van der Waals surface area contributed by atoms with E-state index in [1.54, 1.807) is 25.7 Å². The number of amides is 7. The highest BCUT2D eigenvalue weighted by Gasteiger charge is 2.67. The van der Waals surface area contributed by atoms with Gasteiger partial charge in [0.05, 0.1) is 83.8 Å². The van der Waals surface area contributed by atoms with E-state index in [4.69, 9.17) is 34.2 Å². The lowest BCUT2D eigenvalue weighted by Crippen LogP contribution is -2.63. The van der Waals surface area contributed by atoms with Crippen molar-refractivity contribution in [1.82, 2.24) is 26.6 Å². The van der Waals surface area contributed by atoms with Gasteiger partial charge in [-0.15, -0.1) is 0 Å². The molecule has 7 amide bonds. The normalized spacial score (nSPS) is 25.6. The van der Waals surface area contributed by atoms with Gasteiger partial charge in [-0.25, -0.2) is 13.6 Å². The summed E-state index contributed by atoms with van der Waals surface area (Å²) in [7, 11) is 0. The Morgan fingerprint density at radius 1 is 0.822 bits per heavy atom. The molecule has 3 fully saturated rings. The predicted octanol–water partition coefficient (Wildman–Crippen LogP) is 4.64. The van der Waals surface area contributed by atoms with E-state index < -0.39 is 113 Å². The van der Waals surface area contributed by atoms with Gasteiger partial charge in [0.1, 0.15) is 18.3 Å². The second-order valence-electron chi connectivity index (χ2n) is 24.1. The lowest BCUT2D eigenvalue weighted by molar-refractivity contribution is -0.156. The van der Waals surface area contributed by atoms with Crippen molar-refractivity contribution in [2.45, 2.75) is 160 Å². The van der Waals surface area contributed by atoms with E-state index in [1.807, 2.05) is 55.5 Å². The highest BCUT2D eigenvalue weighted by atomic mass is 19.1. The number of ether oxygens (including phenoxy) is 6. The van der Waals surface area contributed by atoms with Crippen LogP contribution in [0.15, 0.2) is 72.3 Å². The first kappa shape index (κ1) is 70.5. The number of ketones is 2. The molecule has 11 atom stereocenters. The van der Waals surface area contributed by atoms with E-state index in [-0.39, 0.29) is 135 Å². The summed E-state index contributed by atoms with van der Waals surface area (Å²) < 4.78 is 69.3. The van der Waals surface area contributed by atoms with Gasteiger partial charge in [-0.1, -0.05) is 82.4 Å². The van der Waals surface area contributed by atoms with Crippen molar-refractivity contribution in [3.63, 3.8) is 0 Å². The van der Waals surface area contributed by atoms with E-state index in [1.165, 1.54) is 19.1 Å². The molecule has 2 saturated carbocycles. The Morgan fingerprint density at radius 3 is 2.19 bits per heavy atom. The molecule has 8 N–H and O–H groups in total. The van der Waals surface area contributed by atoms with Crippen LogP contribution in [0.2, 0.25) is 0 Å². The van der Waals surface area contributed by atoms with Crippen molar-refractivity contribution < 1.29 is 80.7 Å². The fourth-order valence-corrected chi connectivity index (χ4v) is 12.6. The van der Waals surface area contributed by atoms with E-state index in [0.717, 1.165) is 22.8 Å². The van der Waals surface area contributed by atoms with Crippen LogP contribution in [-0.2, 0) is 68.5 Å². The Balaban J connectivity index is 0.794. The molecule has 2 aliphatic heterocycles. The molecular weight excluding hydrogens is 1170 g/mol. The number of urea groups is 1. The zero-order valence-electron chi connectivity index (χ0n) is 52.3. The molecular formula is C66H89F2N7O15. The number of nitrogens with one attached hydrogen (secondary N) is 5. The molecule has 1 saturated heterocycles. The Morgan fingerprint density at radius 2 is 1.49 bits per heavy atom. The average Bonchev–Trinajstić information content (AvgIpc) is 1.03. The number of para-hydroxylation sites is 1. The van der Waals surface area contributed by atoms with Crippen molar-refractivity contribution >= 4 is 52.8 Å². The van der Waals surface area contributed by atoms with Crippen LogP contribution in [0, 0.1) is 35.0 Å². The number of Topliss-reactive ketones (excluding diaryl/α,β-unsaturated/α-hetero) is 1. The molecule has 5 aliphatic rings. The van der Waals surface area contributed by atoms with Gasteiger partial charge in [0.15, 0.2) is 29.1 Å². The minimum absolute atomic E-state index is 0.0116. The second-order valence-corrected chi connectivity index (χ2v) is 24.1. The molecule has 2 heterocycles. The monoisotopic (exact) mass is 1260 g/mol. The van der Waals surface area contributed by atoms with E-state index in [9.17, 15) is 43.5 Å². The molecule has 22 nitrogen and oxygen atoms in total. The third-order valence-corrected chi connectivity index (χ3v) is 17.5. The Labute approximate surface area is 525 Å². The lowest BCUT2D eigenvalue weighted by atomic mass is 9.51. The Bertz CT molecular complexity index is 2990. The van der Waals surface area contributed by atoms with Crippen molar-refractivity contribution in [3.05, 3.63) is 89.0 Å². The number of anilines is 1. The number of aliphatic hydroxyl groups excluding tert-OH is 1. The van der Waals surface area contributed by atoms with Crippen LogP contribution in [-0.4, -0.2) is 173 Å². The van der Waals surface area contributed by atoms with Crippen LogP contribution < -0.4 is 37.2 Å². The minimum atomic E-state index is -2.45. The quantitative estimate of drug-likeness (QED) is 0.0388. The highest BCUT2D eigenvalue weighted by Crippen LogP contribution is 2.61. The topological polar surface area (TPSA) is 302 Å². The third kappa shape index (κ3) is 17.9. The summed E-state index contributed by atoms with van der Waals surface area (Å²) in [5, 5.41) is 25.3. The number of rotatable bonds is 32. The number of nitrogens with zero attached hydrogens (tertiary/aromatic N) is 1. The molecule has 0 spiro atoms. The number of aliphatic hydroxyl groups is 1. The summed E-state index contributed by atoms with van der Waals surface area (Å²) in [5.74, 6) is 0.717. The second kappa shape index (κ2) is 33.4. The first-order valence-corrected chi connectivity index (χ1v) is 31.4. The molecule has 2 aromatic rings. The Hall–Kier alpha value is -6.98. The van der Waals surface area contributed by atoms with Crippen molar-refractivity contribution in [1.29, 1.82) is 0 Å². The van der Waals surface area contributed by atoms with Gasteiger partial charge in [-0.05, 0) is 105 Å². The number of benzene rings is 2. The molecule has 0 aromatic heterocycles. The average molecular weight is 1260 g/mol. The molecule has 24 heteroatoms. The van der Waals surface area contributed by atoms with E-state index >= 15 is 8.78 Å². The predicted molar refractivity (Wildman–Crippen MR) is 327 cm³/mol. The third-order valence-electron chi connectivity index (χ3n) is 17.5. The number of primary amides is 1. The summed E-state index contributed by atoms with van der Waals surface area (Å²) in [6.07, 6.45) is -1.26. The number of carbonyl (C=O) groups excluding carboxylic acids is 8.